The number of rotatable bonds is 3. The standard InChI is InChI=1S/C13H16Br2N4/c1-7-9(14)10(15)8-3-2-6-19-12(8)11(7)18-13(19)17-5-4-16/h2-6,16H2,1H3,(H,17,18). The highest BCUT2D eigenvalue weighted by Gasteiger charge is 2.23. The van der Waals surface area contributed by atoms with E-state index >= 15 is 0 Å². The van der Waals surface area contributed by atoms with Crippen molar-refractivity contribution in [2.45, 2.75) is 26.3 Å². The van der Waals surface area contributed by atoms with E-state index in [9.17, 15) is 0 Å². The van der Waals surface area contributed by atoms with Crippen molar-refractivity contribution in [3.8, 4) is 0 Å². The van der Waals surface area contributed by atoms with Crippen molar-refractivity contribution in [3.63, 3.8) is 0 Å². The first-order valence-electron chi connectivity index (χ1n) is 6.45. The van der Waals surface area contributed by atoms with Gasteiger partial charge in [-0.3, -0.25) is 0 Å². The summed E-state index contributed by atoms with van der Waals surface area (Å²) in [7, 11) is 0. The Hall–Kier alpha value is -0.590. The number of imidazole rings is 1. The third-order valence-corrected chi connectivity index (χ3v) is 6.03. The highest BCUT2D eigenvalue weighted by molar-refractivity contribution is 9.13. The Kier molecular flexibility index (Phi) is 3.57. The van der Waals surface area contributed by atoms with Crippen molar-refractivity contribution in [3.05, 3.63) is 20.1 Å². The smallest absolute Gasteiger partial charge is 0.203 e. The number of benzene rings is 1. The molecule has 3 N–H and O–H groups in total. The first kappa shape index (κ1) is 13.4. The molecule has 102 valence electrons. The monoisotopic (exact) mass is 386 g/mol. The summed E-state index contributed by atoms with van der Waals surface area (Å²) in [5.74, 6) is 0.939. The SMILES string of the molecule is Cc1c(Br)c(Br)c2c3c1nc(NCCN)n3CCC2. The molecule has 0 amide bonds. The summed E-state index contributed by atoms with van der Waals surface area (Å²) < 4.78 is 4.57. The molecule has 0 spiro atoms. The van der Waals surface area contributed by atoms with Crippen LogP contribution < -0.4 is 11.1 Å². The Bertz CT molecular complexity index is 648. The molecule has 6 heteroatoms. The lowest BCUT2D eigenvalue weighted by Gasteiger charge is -2.19. The van der Waals surface area contributed by atoms with Crippen LogP contribution in [0.5, 0.6) is 0 Å². The number of anilines is 1. The molecule has 0 aliphatic carbocycles. The molecular formula is C13H16Br2N4. The lowest BCUT2D eigenvalue weighted by atomic mass is 10.0. The van der Waals surface area contributed by atoms with E-state index in [1.807, 2.05) is 0 Å². The van der Waals surface area contributed by atoms with E-state index < -0.39 is 0 Å². The molecule has 0 bridgehead atoms. The second-order valence-electron chi connectivity index (χ2n) is 4.83. The van der Waals surface area contributed by atoms with E-state index in [1.165, 1.54) is 21.1 Å². The van der Waals surface area contributed by atoms with E-state index in [1.54, 1.807) is 0 Å². The Morgan fingerprint density at radius 1 is 1.37 bits per heavy atom. The Balaban J connectivity index is 2.29. The summed E-state index contributed by atoms with van der Waals surface area (Å²) in [6.07, 6.45) is 2.24. The first-order chi connectivity index (χ1) is 9.15. The summed E-state index contributed by atoms with van der Waals surface area (Å²) in [5, 5.41) is 3.33. The zero-order chi connectivity index (χ0) is 13.6. The predicted molar refractivity (Wildman–Crippen MR) is 85.7 cm³/mol. The second kappa shape index (κ2) is 5.07. The van der Waals surface area contributed by atoms with Crippen LogP contribution in [0.4, 0.5) is 5.95 Å². The maximum absolute atomic E-state index is 5.57. The van der Waals surface area contributed by atoms with Crippen LogP contribution in [0.15, 0.2) is 8.95 Å². The molecule has 1 aromatic heterocycles. The van der Waals surface area contributed by atoms with Crippen LogP contribution >= 0.6 is 31.9 Å². The molecule has 2 aromatic rings. The summed E-state index contributed by atoms with van der Waals surface area (Å²) in [5.41, 5.74) is 10.5. The van der Waals surface area contributed by atoms with Gasteiger partial charge in [0.1, 0.15) is 0 Å². The number of nitrogens with one attached hydrogen (secondary N) is 1. The van der Waals surface area contributed by atoms with Gasteiger partial charge in [0.25, 0.3) is 0 Å². The zero-order valence-corrected chi connectivity index (χ0v) is 13.9. The van der Waals surface area contributed by atoms with Gasteiger partial charge in [-0.1, -0.05) is 0 Å². The molecule has 19 heavy (non-hydrogen) atoms. The Morgan fingerprint density at radius 3 is 2.89 bits per heavy atom. The van der Waals surface area contributed by atoms with Gasteiger partial charge in [0.2, 0.25) is 5.95 Å². The van der Waals surface area contributed by atoms with Gasteiger partial charge in [-0.15, -0.1) is 0 Å². The van der Waals surface area contributed by atoms with Crippen molar-refractivity contribution in [1.29, 1.82) is 0 Å². The van der Waals surface area contributed by atoms with Crippen LogP contribution in [-0.4, -0.2) is 22.6 Å². The molecule has 4 nitrogen and oxygen atoms in total. The van der Waals surface area contributed by atoms with E-state index in [-0.39, 0.29) is 0 Å². The average molecular weight is 388 g/mol. The molecular weight excluding hydrogens is 372 g/mol. The molecule has 1 aliphatic rings. The van der Waals surface area contributed by atoms with Crippen molar-refractivity contribution in [2.24, 2.45) is 5.73 Å². The van der Waals surface area contributed by atoms with Crippen LogP contribution in [0.1, 0.15) is 17.5 Å². The maximum Gasteiger partial charge on any atom is 0.203 e. The number of hydrogen-bond acceptors (Lipinski definition) is 3. The molecule has 0 saturated heterocycles. The van der Waals surface area contributed by atoms with Gasteiger partial charge in [-0.25, -0.2) is 4.98 Å². The number of nitrogens with zero attached hydrogens (tertiary/aromatic N) is 2. The summed E-state index contributed by atoms with van der Waals surface area (Å²) in [6, 6.07) is 0. The molecule has 2 heterocycles. The van der Waals surface area contributed by atoms with Crippen molar-refractivity contribution < 1.29 is 0 Å². The summed E-state index contributed by atoms with van der Waals surface area (Å²) in [4.78, 5) is 4.77. The third kappa shape index (κ3) is 2.00. The molecule has 0 saturated carbocycles. The van der Waals surface area contributed by atoms with Gasteiger partial charge >= 0.3 is 0 Å². The number of halogens is 2. The molecule has 0 radical (unpaired) electrons. The van der Waals surface area contributed by atoms with Crippen molar-refractivity contribution in [2.75, 3.05) is 18.4 Å². The molecule has 0 unspecified atom stereocenters. The van der Waals surface area contributed by atoms with Crippen LogP contribution in [0.25, 0.3) is 11.0 Å². The van der Waals surface area contributed by atoms with Crippen molar-refractivity contribution in [1.82, 2.24) is 9.55 Å². The summed E-state index contributed by atoms with van der Waals surface area (Å²) in [6.45, 7) is 4.49. The molecule has 1 aliphatic heterocycles. The maximum atomic E-state index is 5.57. The van der Waals surface area contributed by atoms with E-state index in [4.69, 9.17) is 10.7 Å². The fourth-order valence-corrected chi connectivity index (χ4v) is 3.81. The zero-order valence-electron chi connectivity index (χ0n) is 10.8. The number of hydrogen-bond donors (Lipinski definition) is 2. The molecule has 0 fully saturated rings. The minimum Gasteiger partial charge on any atom is -0.354 e. The Morgan fingerprint density at radius 2 is 2.16 bits per heavy atom. The minimum absolute atomic E-state index is 0.614. The highest BCUT2D eigenvalue weighted by Crippen LogP contribution is 2.40. The van der Waals surface area contributed by atoms with E-state index in [0.717, 1.165) is 41.9 Å². The van der Waals surface area contributed by atoms with E-state index in [2.05, 4.69) is 48.7 Å². The van der Waals surface area contributed by atoms with Gasteiger partial charge < -0.3 is 15.6 Å². The van der Waals surface area contributed by atoms with Crippen LogP contribution in [0, 0.1) is 6.92 Å². The fraction of sp³-hybridized carbons (Fsp3) is 0.462. The number of aromatic nitrogens is 2. The number of aryl methyl sites for hydroxylation is 3. The molecule has 1 aromatic carbocycles. The Labute approximate surface area is 129 Å². The third-order valence-electron chi connectivity index (χ3n) is 3.63. The normalized spacial score (nSPS) is 14.1. The first-order valence-corrected chi connectivity index (χ1v) is 8.04. The van der Waals surface area contributed by atoms with Crippen LogP contribution in [0.3, 0.4) is 0 Å². The number of nitrogens with two attached hydrogens (primary N) is 1. The van der Waals surface area contributed by atoms with Gasteiger partial charge in [0, 0.05) is 28.6 Å². The van der Waals surface area contributed by atoms with Crippen LogP contribution in [-0.2, 0) is 13.0 Å². The van der Waals surface area contributed by atoms with Gasteiger partial charge in [-0.2, -0.15) is 0 Å². The molecule has 0 atom stereocenters. The average Bonchev–Trinajstić information content (AvgIpc) is 2.80. The predicted octanol–water partition coefficient (Wildman–Crippen LogP) is 3.19. The van der Waals surface area contributed by atoms with Crippen molar-refractivity contribution >= 4 is 48.8 Å². The topological polar surface area (TPSA) is 55.9 Å². The van der Waals surface area contributed by atoms with Gasteiger partial charge in [0.05, 0.1) is 11.0 Å². The second-order valence-corrected chi connectivity index (χ2v) is 6.42. The summed E-state index contributed by atoms with van der Waals surface area (Å²) >= 11 is 7.38. The largest absolute Gasteiger partial charge is 0.354 e. The lowest BCUT2D eigenvalue weighted by Crippen LogP contribution is -2.17. The highest BCUT2D eigenvalue weighted by atomic mass is 79.9. The quantitative estimate of drug-likeness (QED) is 0.850. The van der Waals surface area contributed by atoms with Gasteiger partial charge in [-0.05, 0) is 62.8 Å². The minimum atomic E-state index is 0.614. The molecule has 3 rings (SSSR count). The van der Waals surface area contributed by atoms with E-state index in [0.29, 0.717) is 6.54 Å². The lowest BCUT2D eigenvalue weighted by molar-refractivity contribution is 0.634. The van der Waals surface area contributed by atoms with Gasteiger partial charge in [0.15, 0.2) is 0 Å². The fourth-order valence-electron chi connectivity index (χ4n) is 2.70. The van der Waals surface area contributed by atoms with Crippen LogP contribution in [0.2, 0.25) is 0 Å².